The summed E-state index contributed by atoms with van der Waals surface area (Å²) in [5, 5.41) is 1.81. The molecule has 134 valence electrons. The first kappa shape index (κ1) is 18.3. The molecule has 0 aromatic carbocycles. The molecule has 1 aliphatic carbocycles. The maximum Gasteiger partial charge on any atom is 0.425 e. The van der Waals surface area contributed by atoms with Crippen molar-refractivity contribution in [1.29, 1.82) is 0 Å². The minimum Gasteiger partial charge on any atom is -0.466 e. The number of carbonyl (C=O) groups is 3. The molecule has 1 N–H and O–H groups in total. The number of nitrogens with one attached hydrogen (secondary N) is 1. The van der Waals surface area contributed by atoms with Crippen molar-refractivity contribution in [1.82, 2.24) is 10.2 Å². The number of methoxy groups -OCH3 is 1. The number of nitrogens with zero attached hydrogens (tertiary/aromatic N) is 1. The van der Waals surface area contributed by atoms with E-state index in [9.17, 15) is 27.6 Å². The van der Waals surface area contributed by atoms with Gasteiger partial charge in [0.25, 0.3) is 5.91 Å². The Kier molecular flexibility index (Phi) is 4.65. The fourth-order valence-corrected chi connectivity index (χ4v) is 2.85. The zero-order valence-corrected chi connectivity index (χ0v) is 13.6. The zero-order valence-electron chi connectivity index (χ0n) is 13.6. The van der Waals surface area contributed by atoms with E-state index in [1.54, 1.807) is 6.92 Å². The van der Waals surface area contributed by atoms with E-state index in [2.05, 4.69) is 4.74 Å². The van der Waals surface area contributed by atoms with Gasteiger partial charge >= 0.3 is 12.1 Å². The number of carbonyl (C=O) groups excluding carboxylic acids is 3. The van der Waals surface area contributed by atoms with Gasteiger partial charge in [-0.15, -0.1) is 0 Å². The fourth-order valence-electron chi connectivity index (χ4n) is 2.85. The maximum absolute atomic E-state index is 13.9. The molecule has 2 amide bonds. The Hall–Kier alpha value is -2.06. The highest BCUT2D eigenvalue weighted by molar-refractivity contribution is 6.10. The van der Waals surface area contributed by atoms with Crippen LogP contribution in [0.25, 0.3) is 0 Å². The molecule has 0 aromatic heterocycles. The number of ether oxygens (including phenoxy) is 1. The summed E-state index contributed by atoms with van der Waals surface area (Å²) in [5.41, 5.74) is -4.41. The molecule has 1 fully saturated rings. The first-order valence-corrected chi connectivity index (χ1v) is 7.62. The third-order valence-electron chi connectivity index (χ3n) is 4.23. The van der Waals surface area contributed by atoms with Crippen LogP contribution in [0.3, 0.4) is 0 Å². The molecule has 0 aromatic rings. The molecule has 0 saturated heterocycles. The summed E-state index contributed by atoms with van der Waals surface area (Å²) in [7, 11) is 0.930. The molecule has 1 heterocycles. The summed E-state index contributed by atoms with van der Waals surface area (Å²) in [5.74, 6) is -4.10. The third kappa shape index (κ3) is 2.65. The molecule has 1 saturated carbocycles. The SMILES string of the molecule is CCCN1C(=O)[C@](NC(=O)C2CC2)(C(F)(F)F)C(C(=O)OC)=C1C. The topological polar surface area (TPSA) is 75.7 Å². The summed E-state index contributed by atoms with van der Waals surface area (Å²) in [4.78, 5) is 37.6. The van der Waals surface area contributed by atoms with Gasteiger partial charge < -0.3 is 15.0 Å². The molecule has 0 unspecified atom stereocenters. The number of rotatable bonds is 5. The van der Waals surface area contributed by atoms with Crippen molar-refractivity contribution in [3.8, 4) is 0 Å². The van der Waals surface area contributed by atoms with Gasteiger partial charge in [-0.3, -0.25) is 9.59 Å². The van der Waals surface area contributed by atoms with Crippen LogP contribution in [0.15, 0.2) is 11.3 Å². The Bertz CT molecular complexity index is 610. The number of hydrogen-bond donors (Lipinski definition) is 1. The van der Waals surface area contributed by atoms with Gasteiger partial charge in [-0.05, 0) is 26.2 Å². The predicted octanol–water partition coefficient (Wildman–Crippen LogP) is 1.51. The van der Waals surface area contributed by atoms with E-state index < -0.39 is 41.0 Å². The van der Waals surface area contributed by atoms with Crippen LogP contribution in [-0.4, -0.2) is 48.1 Å². The highest BCUT2D eigenvalue weighted by atomic mass is 19.4. The van der Waals surface area contributed by atoms with Gasteiger partial charge in [-0.1, -0.05) is 6.92 Å². The number of esters is 1. The van der Waals surface area contributed by atoms with Crippen molar-refractivity contribution < 1.29 is 32.3 Å². The standard InChI is InChI=1S/C15H19F3N2O4/c1-4-7-20-8(2)10(12(22)24-3)14(13(20)23,15(16,17)18)19-11(21)9-5-6-9/h9H,4-7H2,1-3H3,(H,19,21)/t14-/m0/s1. The monoisotopic (exact) mass is 348 g/mol. The number of allylic oxidation sites excluding steroid dienone is 1. The highest BCUT2D eigenvalue weighted by Crippen LogP contribution is 2.46. The van der Waals surface area contributed by atoms with Crippen LogP contribution in [0.5, 0.6) is 0 Å². The van der Waals surface area contributed by atoms with Gasteiger partial charge in [0.15, 0.2) is 0 Å². The number of amides is 2. The number of hydrogen-bond acceptors (Lipinski definition) is 4. The van der Waals surface area contributed by atoms with Gasteiger partial charge in [-0.2, -0.15) is 13.2 Å². The molecule has 1 atom stereocenters. The fraction of sp³-hybridized carbons (Fsp3) is 0.667. The van der Waals surface area contributed by atoms with Crippen molar-refractivity contribution in [2.24, 2.45) is 5.92 Å². The lowest BCUT2D eigenvalue weighted by atomic mass is 9.89. The Labute approximate surface area is 137 Å². The minimum atomic E-state index is -5.18. The molecule has 1 aliphatic heterocycles. The van der Waals surface area contributed by atoms with Crippen LogP contribution in [0.4, 0.5) is 13.2 Å². The highest BCUT2D eigenvalue weighted by Gasteiger charge is 2.71. The van der Waals surface area contributed by atoms with Crippen molar-refractivity contribution in [2.45, 2.75) is 44.8 Å². The maximum atomic E-state index is 13.9. The zero-order chi connectivity index (χ0) is 18.3. The average Bonchev–Trinajstić information content (AvgIpc) is 3.31. The second-order valence-electron chi connectivity index (χ2n) is 5.92. The van der Waals surface area contributed by atoms with Crippen LogP contribution in [0.2, 0.25) is 0 Å². The van der Waals surface area contributed by atoms with Gasteiger partial charge in [0, 0.05) is 18.2 Å². The Balaban J connectivity index is 2.61. The largest absolute Gasteiger partial charge is 0.466 e. The lowest BCUT2D eigenvalue weighted by Gasteiger charge is -2.33. The van der Waals surface area contributed by atoms with Crippen LogP contribution in [-0.2, 0) is 19.1 Å². The predicted molar refractivity (Wildman–Crippen MR) is 76.4 cm³/mol. The van der Waals surface area contributed by atoms with Gasteiger partial charge in [-0.25, -0.2) is 4.79 Å². The lowest BCUT2D eigenvalue weighted by Crippen LogP contribution is -2.66. The molecule has 0 radical (unpaired) electrons. The molecular formula is C15H19F3N2O4. The molecule has 2 rings (SSSR count). The van der Waals surface area contributed by atoms with E-state index in [4.69, 9.17) is 0 Å². The molecule has 9 heteroatoms. The van der Waals surface area contributed by atoms with Crippen LogP contribution in [0, 0.1) is 5.92 Å². The summed E-state index contributed by atoms with van der Waals surface area (Å²) < 4.78 is 46.3. The van der Waals surface area contributed by atoms with Crippen molar-refractivity contribution in [3.63, 3.8) is 0 Å². The molecular weight excluding hydrogens is 329 g/mol. The summed E-state index contributed by atoms with van der Waals surface area (Å²) in [6.45, 7) is 2.94. The van der Waals surface area contributed by atoms with E-state index in [-0.39, 0.29) is 12.2 Å². The summed E-state index contributed by atoms with van der Waals surface area (Å²) in [6.07, 6.45) is -3.87. The van der Waals surface area contributed by atoms with Crippen LogP contribution < -0.4 is 5.32 Å². The Morgan fingerprint density at radius 1 is 1.38 bits per heavy atom. The Morgan fingerprint density at radius 2 is 1.96 bits per heavy atom. The molecule has 2 aliphatic rings. The van der Waals surface area contributed by atoms with Crippen molar-refractivity contribution in [3.05, 3.63) is 11.3 Å². The van der Waals surface area contributed by atoms with E-state index in [1.807, 2.05) is 5.32 Å². The first-order valence-electron chi connectivity index (χ1n) is 7.62. The smallest absolute Gasteiger partial charge is 0.425 e. The van der Waals surface area contributed by atoms with E-state index >= 15 is 0 Å². The summed E-state index contributed by atoms with van der Waals surface area (Å²) in [6, 6.07) is 0. The molecule has 24 heavy (non-hydrogen) atoms. The van der Waals surface area contributed by atoms with Gasteiger partial charge in [0.05, 0.1) is 7.11 Å². The number of halogens is 3. The second kappa shape index (κ2) is 6.10. The minimum absolute atomic E-state index is 0.00227. The van der Waals surface area contributed by atoms with Crippen molar-refractivity contribution >= 4 is 17.8 Å². The summed E-state index contributed by atoms with van der Waals surface area (Å²) >= 11 is 0. The van der Waals surface area contributed by atoms with E-state index in [0.717, 1.165) is 12.0 Å². The van der Waals surface area contributed by atoms with Crippen LogP contribution >= 0.6 is 0 Å². The second-order valence-corrected chi connectivity index (χ2v) is 5.92. The Morgan fingerprint density at radius 3 is 2.38 bits per heavy atom. The quantitative estimate of drug-likeness (QED) is 0.764. The van der Waals surface area contributed by atoms with E-state index in [1.165, 1.54) is 6.92 Å². The van der Waals surface area contributed by atoms with Gasteiger partial charge in [0.1, 0.15) is 5.57 Å². The molecule has 0 bridgehead atoms. The van der Waals surface area contributed by atoms with E-state index in [0.29, 0.717) is 19.3 Å². The third-order valence-corrected chi connectivity index (χ3v) is 4.23. The normalized spacial score (nSPS) is 24.4. The van der Waals surface area contributed by atoms with Crippen molar-refractivity contribution in [2.75, 3.05) is 13.7 Å². The first-order chi connectivity index (χ1) is 11.1. The number of alkyl halides is 3. The molecule has 0 spiro atoms. The average molecular weight is 348 g/mol. The molecule has 6 nitrogen and oxygen atoms in total. The lowest BCUT2D eigenvalue weighted by molar-refractivity contribution is -0.196. The van der Waals surface area contributed by atoms with Crippen LogP contribution in [0.1, 0.15) is 33.1 Å². The van der Waals surface area contributed by atoms with Gasteiger partial charge in [0.2, 0.25) is 11.4 Å².